The van der Waals surface area contributed by atoms with Crippen LogP contribution in [0.3, 0.4) is 0 Å². The summed E-state index contributed by atoms with van der Waals surface area (Å²) in [7, 11) is 0. The third-order valence-electron chi connectivity index (χ3n) is 3.63. The number of hydrogen-bond donors (Lipinski definition) is 2. The van der Waals surface area contributed by atoms with E-state index in [9.17, 15) is 4.79 Å². The van der Waals surface area contributed by atoms with Crippen LogP contribution in [0.5, 0.6) is 0 Å². The number of thiol groups is 1. The number of carbonyl (C=O) groups is 1. The fourth-order valence-electron chi connectivity index (χ4n) is 2.35. The number of ether oxygens (including phenoxy) is 1. The van der Waals surface area contributed by atoms with E-state index < -0.39 is 0 Å². The van der Waals surface area contributed by atoms with Gasteiger partial charge in [-0.05, 0) is 31.2 Å². The lowest BCUT2D eigenvalue weighted by molar-refractivity contribution is -0.0246. The zero-order valence-electron chi connectivity index (χ0n) is 12.1. The molecular formula is C15H22N2O2S. The predicted molar refractivity (Wildman–Crippen MR) is 82.6 cm³/mol. The number of rotatable bonds is 4. The van der Waals surface area contributed by atoms with Crippen molar-refractivity contribution in [2.45, 2.75) is 24.8 Å². The maximum absolute atomic E-state index is 12.2. The quantitative estimate of drug-likeness (QED) is 0.831. The Bertz CT molecular complexity index is 479. The number of amides is 1. The van der Waals surface area contributed by atoms with E-state index in [4.69, 9.17) is 4.74 Å². The molecule has 1 aliphatic rings. The molecule has 0 spiro atoms. The minimum absolute atomic E-state index is 0.0596. The van der Waals surface area contributed by atoms with E-state index >= 15 is 0 Å². The van der Waals surface area contributed by atoms with Crippen LogP contribution in [0.25, 0.3) is 0 Å². The minimum atomic E-state index is -0.0596. The van der Waals surface area contributed by atoms with Crippen LogP contribution in [0.1, 0.15) is 22.8 Å². The van der Waals surface area contributed by atoms with Gasteiger partial charge in [-0.3, -0.25) is 9.69 Å². The second-order valence-corrected chi connectivity index (χ2v) is 5.61. The topological polar surface area (TPSA) is 41.6 Å². The first-order valence-electron chi connectivity index (χ1n) is 7.02. The van der Waals surface area contributed by atoms with Crippen molar-refractivity contribution in [3.63, 3.8) is 0 Å². The van der Waals surface area contributed by atoms with E-state index in [0.717, 1.165) is 36.7 Å². The van der Waals surface area contributed by atoms with E-state index in [1.807, 2.05) is 19.1 Å². The van der Waals surface area contributed by atoms with Gasteiger partial charge in [0.1, 0.15) is 0 Å². The first kappa shape index (κ1) is 15.4. The molecule has 1 atom stereocenters. The van der Waals surface area contributed by atoms with Gasteiger partial charge >= 0.3 is 0 Å². The fourth-order valence-corrected chi connectivity index (χ4v) is 2.55. The first-order chi connectivity index (χ1) is 9.60. The molecular weight excluding hydrogens is 272 g/mol. The lowest BCUT2D eigenvalue weighted by Gasteiger charge is -2.32. The summed E-state index contributed by atoms with van der Waals surface area (Å²) in [6, 6.07) is 5.60. The molecule has 2 rings (SSSR count). The number of carbonyl (C=O) groups excluding carboxylic acids is 1. The largest absolute Gasteiger partial charge is 0.374 e. The van der Waals surface area contributed by atoms with Gasteiger partial charge in [-0.15, -0.1) is 12.6 Å². The van der Waals surface area contributed by atoms with E-state index in [-0.39, 0.29) is 12.0 Å². The van der Waals surface area contributed by atoms with Crippen molar-refractivity contribution >= 4 is 18.5 Å². The Hall–Kier alpha value is -1.04. The molecule has 1 aliphatic heterocycles. The second-order valence-electron chi connectivity index (χ2n) is 5.10. The summed E-state index contributed by atoms with van der Waals surface area (Å²) in [6.07, 6.45) is 0.0761. The third kappa shape index (κ3) is 3.98. The SMILES string of the molecule is CCN1CCOC(CNC(=O)c2cc(S)ccc2C)C1. The molecule has 1 aromatic rings. The summed E-state index contributed by atoms with van der Waals surface area (Å²) in [4.78, 5) is 15.3. The summed E-state index contributed by atoms with van der Waals surface area (Å²) < 4.78 is 5.68. The average Bonchev–Trinajstić information content (AvgIpc) is 2.47. The van der Waals surface area contributed by atoms with E-state index in [0.29, 0.717) is 12.1 Å². The van der Waals surface area contributed by atoms with Crippen molar-refractivity contribution < 1.29 is 9.53 Å². The van der Waals surface area contributed by atoms with Gasteiger partial charge in [-0.25, -0.2) is 0 Å². The smallest absolute Gasteiger partial charge is 0.251 e. The molecule has 1 amide bonds. The highest BCUT2D eigenvalue weighted by molar-refractivity contribution is 7.80. The van der Waals surface area contributed by atoms with Crippen molar-refractivity contribution in [2.75, 3.05) is 32.8 Å². The third-order valence-corrected chi connectivity index (χ3v) is 3.90. The molecule has 0 radical (unpaired) electrons. The number of morpholine rings is 1. The van der Waals surface area contributed by atoms with Crippen LogP contribution in [0, 0.1) is 6.92 Å². The highest BCUT2D eigenvalue weighted by Crippen LogP contribution is 2.14. The van der Waals surface area contributed by atoms with Crippen LogP contribution in [0.15, 0.2) is 23.1 Å². The van der Waals surface area contributed by atoms with E-state index in [2.05, 4.69) is 29.8 Å². The van der Waals surface area contributed by atoms with Crippen LogP contribution >= 0.6 is 12.6 Å². The lowest BCUT2D eigenvalue weighted by atomic mass is 10.1. The fraction of sp³-hybridized carbons (Fsp3) is 0.533. The van der Waals surface area contributed by atoms with Crippen molar-refractivity contribution in [3.8, 4) is 0 Å². The van der Waals surface area contributed by atoms with Gasteiger partial charge in [0.15, 0.2) is 0 Å². The number of nitrogens with zero attached hydrogens (tertiary/aromatic N) is 1. The molecule has 4 nitrogen and oxygen atoms in total. The van der Waals surface area contributed by atoms with E-state index in [1.54, 1.807) is 6.07 Å². The molecule has 1 heterocycles. The van der Waals surface area contributed by atoms with Crippen molar-refractivity contribution in [2.24, 2.45) is 0 Å². The highest BCUT2D eigenvalue weighted by Gasteiger charge is 2.20. The van der Waals surface area contributed by atoms with Gasteiger partial charge in [0.2, 0.25) is 0 Å². The maximum Gasteiger partial charge on any atom is 0.251 e. The molecule has 5 heteroatoms. The number of likely N-dealkylation sites (N-methyl/N-ethyl adjacent to an activating group) is 1. The van der Waals surface area contributed by atoms with Gasteiger partial charge in [0.05, 0.1) is 12.7 Å². The molecule has 0 bridgehead atoms. The zero-order chi connectivity index (χ0) is 14.5. The van der Waals surface area contributed by atoms with Crippen molar-refractivity contribution in [1.29, 1.82) is 0 Å². The maximum atomic E-state index is 12.2. The molecule has 1 saturated heterocycles. The monoisotopic (exact) mass is 294 g/mol. The minimum Gasteiger partial charge on any atom is -0.374 e. The standard InChI is InChI=1S/C15H22N2O2S/c1-3-17-6-7-19-12(10-17)9-16-15(18)14-8-13(20)5-4-11(14)2/h4-5,8,12,20H,3,6-7,9-10H2,1-2H3,(H,16,18). The highest BCUT2D eigenvalue weighted by atomic mass is 32.1. The number of benzene rings is 1. The van der Waals surface area contributed by atoms with Crippen LogP contribution in [-0.2, 0) is 4.74 Å². The first-order valence-corrected chi connectivity index (χ1v) is 7.46. The van der Waals surface area contributed by atoms with E-state index in [1.165, 1.54) is 0 Å². The molecule has 0 aliphatic carbocycles. The van der Waals surface area contributed by atoms with Crippen LogP contribution in [0.4, 0.5) is 0 Å². The molecule has 0 aromatic heterocycles. The van der Waals surface area contributed by atoms with Gasteiger partial charge in [0.25, 0.3) is 5.91 Å². The van der Waals surface area contributed by atoms with Crippen molar-refractivity contribution in [1.82, 2.24) is 10.2 Å². The Labute approximate surface area is 125 Å². The summed E-state index contributed by atoms with van der Waals surface area (Å²) in [6.45, 7) is 8.23. The number of aryl methyl sites for hydroxylation is 1. The molecule has 0 saturated carbocycles. The Morgan fingerprint density at radius 3 is 3.10 bits per heavy atom. The van der Waals surface area contributed by atoms with Gasteiger partial charge in [-0.1, -0.05) is 13.0 Å². The van der Waals surface area contributed by atoms with Crippen LogP contribution < -0.4 is 5.32 Å². The van der Waals surface area contributed by atoms with Gasteiger partial charge < -0.3 is 10.1 Å². The normalized spacial score (nSPS) is 19.9. The Morgan fingerprint density at radius 2 is 2.35 bits per heavy atom. The molecule has 1 fully saturated rings. The van der Waals surface area contributed by atoms with Crippen LogP contribution in [-0.4, -0.2) is 49.7 Å². The van der Waals surface area contributed by atoms with Crippen LogP contribution in [0.2, 0.25) is 0 Å². The lowest BCUT2D eigenvalue weighted by Crippen LogP contribution is -2.47. The second kappa shape index (κ2) is 7.11. The number of hydrogen-bond acceptors (Lipinski definition) is 4. The summed E-state index contributed by atoms with van der Waals surface area (Å²) >= 11 is 4.28. The zero-order valence-corrected chi connectivity index (χ0v) is 13.0. The molecule has 1 N–H and O–H groups in total. The molecule has 110 valence electrons. The average molecular weight is 294 g/mol. The Kier molecular flexibility index (Phi) is 5.46. The van der Waals surface area contributed by atoms with Gasteiger partial charge in [0, 0.05) is 30.1 Å². The summed E-state index contributed by atoms with van der Waals surface area (Å²) in [5.74, 6) is -0.0596. The predicted octanol–water partition coefficient (Wildman–Crippen LogP) is 1.73. The molecule has 1 aromatic carbocycles. The summed E-state index contributed by atoms with van der Waals surface area (Å²) in [5.41, 5.74) is 1.64. The molecule has 1 unspecified atom stereocenters. The Balaban J connectivity index is 1.90. The van der Waals surface area contributed by atoms with Gasteiger partial charge in [-0.2, -0.15) is 0 Å². The van der Waals surface area contributed by atoms with Crippen molar-refractivity contribution in [3.05, 3.63) is 29.3 Å². The Morgan fingerprint density at radius 1 is 1.55 bits per heavy atom. The summed E-state index contributed by atoms with van der Waals surface area (Å²) in [5, 5.41) is 2.96. The molecule has 20 heavy (non-hydrogen) atoms. The number of nitrogens with one attached hydrogen (secondary N) is 1.